The molecule has 2 rings (SSSR count). The largest absolute Gasteiger partial charge is 0.312 e. The monoisotopic (exact) mass is 294 g/mol. The highest BCUT2D eigenvalue weighted by Gasteiger charge is 2.18. The number of rotatable bonds is 6. The maximum Gasteiger partial charge on any atom is 0.0362 e. The van der Waals surface area contributed by atoms with Crippen molar-refractivity contribution in [3.8, 4) is 0 Å². The average Bonchev–Trinajstić information content (AvgIpc) is 2.71. The van der Waals surface area contributed by atoms with Gasteiger partial charge in [0.1, 0.15) is 0 Å². The molecule has 1 aliphatic heterocycles. The third-order valence-electron chi connectivity index (χ3n) is 3.84. The van der Waals surface area contributed by atoms with Gasteiger partial charge >= 0.3 is 0 Å². The van der Waals surface area contributed by atoms with Crippen LogP contribution in [0.1, 0.15) is 18.9 Å². The quantitative estimate of drug-likeness (QED) is 0.866. The van der Waals surface area contributed by atoms with Crippen LogP contribution in [0.2, 0.25) is 0 Å². The van der Waals surface area contributed by atoms with E-state index in [0.717, 1.165) is 44.1 Å². The van der Waals surface area contributed by atoms with Crippen LogP contribution in [0, 0.1) is 0 Å². The van der Waals surface area contributed by atoms with Gasteiger partial charge in [-0.15, -0.1) is 0 Å². The molecule has 0 amide bonds. The van der Waals surface area contributed by atoms with Crippen molar-refractivity contribution in [1.82, 2.24) is 10.2 Å². The third-order valence-corrected chi connectivity index (χ3v) is 5.13. The second-order valence-electron chi connectivity index (χ2n) is 5.43. The lowest BCUT2D eigenvalue weighted by atomic mass is 10.1. The fourth-order valence-corrected chi connectivity index (χ4v) is 3.44. The van der Waals surface area contributed by atoms with Gasteiger partial charge in [-0.25, -0.2) is 0 Å². The minimum atomic E-state index is -0.646. The molecule has 0 spiro atoms. The molecule has 112 valence electrons. The van der Waals surface area contributed by atoms with Crippen molar-refractivity contribution in [1.29, 1.82) is 0 Å². The van der Waals surface area contributed by atoms with Gasteiger partial charge in [-0.05, 0) is 31.5 Å². The van der Waals surface area contributed by atoms with Gasteiger partial charge in [-0.1, -0.05) is 37.3 Å². The van der Waals surface area contributed by atoms with Gasteiger partial charge in [0, 0.05) is 41.4 Å². The molecular formula is C16H26N2OS. The van der Waals surface area contributed by atoms with E-state index in [9.17, 15) is 4.21 Å². The first-order valence-electron chi connectivity index (χ1n) is 7.62. The fourth-order valence-electron chi connectivity index (χ4n) is 2.69. The Hall–Kier alpha value is -0.710. The van der Waals surface area contributed by atoms with Crippen molar-refractivity contribution in [2.24, 2.45) is 0 Å². The second kappa shape index (κ2) is 8.55. The van der Waals surface area contributed by atoms with E-state index < -0.39 is 10.8 Å². The minimum absolute atomic E-state index is 0.509. The van der Waals surface area contributed by atoms with Crippen LogP contribution in [-0.4, -0.2) is 52.8 Å². The summed E-state index contributed by atoms with van der Waals surface area (Å²) in [7, 11) is -0.646. The first-order chi connectivity index (χ1) is 9.78. The van der Waals surface area contributed by atoms with Crippen molar-refractivity contribution in [2.75, 3.05) is 37.7 Å². The van der Waals surface area contributed by atoms with E-state index in [4.69, 9.17) is 0 Å². The highest BCUT2D eigenvalue weighted by atomic mass is 32.2. The van der Waals surface area contributed by atoms with E-state index in [1.165, 1.54) is 12.0 Å². The lowest BCUT2D eigenvalue weighted by Crippen LogP contribution is -2.40. The Balaban J connectivity index is 1.85. The van der Waals surface area contributed by atoms with E-state index in [2.05, 4.69) is 40.5 Å². The van der Waals surface area contributed by atoms with Crippen LogP contribution in [0.25, 0.3) is 0 Å². The smallest absolute Gasteiger partial charge is 0.0362 e. The molecule has 1 aromatic rings. The zero-order valence-electron chi connectivity index (χ0n) is 12.4. The van der Waals surface area contributed by atoms with E-state index in [0.29, 0.717) is 6.04 Å². The molecule has 0 bridgehead atoms. The van der Waals surface area contributed by atoms with Crippen LogP contribution < -0.4 is 5.32 Å². The van der Waals surface area contributed by atoms with Crippen molar-refractivity contribution in [2.45, 2.75) is 25.8 Å². The molecule has 0 aromatic heterocycles. The Bertz CT molecular complexity index is 410. The summed E-state index contributed by atoms with van der Waals surface area (Å²) in [5.41, 5.74) is 1.39. The predicted molar refractivity (Wildman–Crippen MR) is 86.5 cm³/mol. The predicted octanol–water partition coefficient (Wildman–Crippen LogP) is 1.66. The third kappa shape index (κ3) is 5.35. The molecule has 20 heavy (non-hydrogen) atoms. The summed E-state index contributed by atoms with van der Waals surface area (Å²) in [4.78, 5) is 2.47. The number of benzene rings is 1. The van der Waals surface area contributed by atoms with Gasteiger partial charge in [0.2, 0.25) is 0 Å². The van der Waals surface area contributed by atoms with Gasteiger partial charge in [0.15, 0.2) is 0 Å². The van der Waals surface area contributed by atoms with Crippen molar-refractivity contribution in [3.63, 3.8) is 0 Å². The molecule has 2 atom stereocenters. The lowest BCUT2D eigenvalue weighted by molar-refractivity contribution is 0.282. The van der Waals surface area contributed by atoms with Crippen LogP contribution in [0.5, 0.6) is 0 Å². The summed E-state index contributed by atoms with van der Waals surface area (Å²) in [6, 6.07) is 11.2. The minimum Gasteiger partial charge on any atom is -0.312 e. The van der Waals surface area contributed by atoms with Crippen LogP contribution in [-0.2, 0) is 17.2 Å². The Kier molecular flexibility index (Phi) is 6.70. The molecule has 0 saturated carbocycles. The zero-order valence-corrected chi connectivity index (χ0v) is 13.2. The molecular weight excluding hydrogens is 268 g/mol. The highest BCUT2D eigenvalue weighted by molar-refractivity contribution is 7.84. The molecule has 1 heterocycles. The van der Waals surface area contributed by atoms with E-state index in [-0.39, 0.29) is 0 Å². The Morgan fingerprint density at radius 3 is 2.90 bits per heavy atom. The fraction of sp³-hybridized carbons (Fsp3) is 0.625. The van der Waals surface area contributed by atoms with Gasteiger partial charge in [0.05, 0.1) is 0 Å². The van der Waals surface area contributed by atoms with Crippen LogP contribution in [0.3, 0.4) is 0 Å². The Morgan fingerprint density at radius 1 is 1.35 bits per heavy atom. The number of nitrogens with one attached hydrogen (secondary N) is 1. The lowest BCUT2D eigenvalue weighted by Gasteiger charge is -2.24. The molecule has 4 heteroatoms. The first kappa shape index (κ1) is 15.7. The maximum absolute atomic E-state index is 11.6. The topological polar surface area (TPSA) is 32.3 Å². The van der Waals surface area contributed by atoms with Gasteiger partial charge in [-0.2, -0.15) is 0 Å². The van der Waals surface area contributed by atoms with E-state index in [1.54, 1.807) is 0 Å². The van der Waals surface area contributed by atoms with Crippen molar-refractivity contribution in [3.05, 3.63) is 35.9 Å². The molecule has 1 saturated heterocycles. The summed E-state index contributed by atoms with van der Waals surface area (Å²) in [6.07, 6.45) is 2.26. The van der Waals surface area contributed by atoms with E-state index >= 15 is 0 Å². The van der Waals surface area contributed by atoms with Crippen LogP contribution in [0.15, 0.2) is 30.3 Å². The summed E-state index contributed by atoms with van der Waals surface area (Å²) in [5.74, 6) is 1.59. The second-order valence-corrected chi connectivity index (χ2v) is 7.29. The summed E-state index contributed by atoms with van der Waals surface area (Å²) >= 11 is 0. The summed E-state index contributed by atoms with van der Waals surface area (Å²) < 4.78 is 11.6. The molecule has 1 N–H and O–H groups in total. The highest BCUT2D eigenvalue weighted by Crippen LogP contribution is 2.08. The van der Waals surface area contributed by atoms with Crippen LogP contribution >= 0.6 is 0 Å². The zero-order chi connectivity index (χ0) is 14.2. The van der Waals surface area contributed by atoms with Gasteiger partial charge < -0.3 is 10.2 Å². The van der Waals surface area contributed by atoms with Crippen molar-refractivity contribution < 1.29 is 4.21 Å². The standard InChI is InChI=1S/C16H26N2OS/c1-2-20(19)12-11-18-10-6-9-17-16(14-18)13-15-7-4-3-5-8-15/h3-5,7-8,16-17H,2,6,9-14H2,1H3. The SMILES string of the molecule is CCS(=O)CCN1CCCNC(Cc2ccccc2)C1. The van der Waals surface area contributed by atoms with Crippen molar-refractivity contribution >= 4 is 10.8 Å². The van der Waals surface area contributed by atoms with Crippen LogP contribution in [0.4, 0.5) is 0 Å². The number of hydrogen-bond acceptors (Lipinski definition) is 3. The summed E-state index contributed by atoms with van der Waals surface area (Å²) in [5, 5.41) is 3.64. The summed E-state index contributed by atoms with van der Waals surface area (Å²) in [6.45, 7) is 6.24. The number of hydrogen-bond donors (Lipinski definition) is 1. The Morgan fingerprint density at radius 2 is 2.15 bits per heavy atom. The molecule has 0 radical (unpaired) electrons. The number of nitrogens with zero attached hydrogens (tertiary/aromatic N) is 1. The van der Waals surface area contributed by atoms with E-state index in [1.807, 2.05) is 6.92 Å². The average molecular weight is 294 g/mol. The molecule has 1 aliphatic rings. The molecule has 2 unspecified atom stereocenters. The maximum atomic E-state index is 11.6. The van der Waals surface area contributed by atoms with Gasteiger partial charge in [-0.3, -0.25) is 4.21 Å². The normalized spacial score (nSPS) is 22.4. The molecule has 3 nitrogen and oxygen atoms in total. The molecule has 1 aromatic carbocycles. The van der Waals surface area contributed by atoms with Gasteiger partial charge in [0.25, 0.3) is 0 Å². The Labute approximate surface area is 125 Å². The first-order valence-corrected chi connectivity index (χ1v) is 9.11. The molecule has 0 aliphatic carbocycles. The molecule has 1 fully saturated rings.